The summed E-state index contributed by atoms with van der Waals surface area (Å²) in [6.45, 7) is 1.48. The number of thiophene rings is 1. The first-order valence-electron chi connectivity index (χ1n) is 10.6. The first-order chi connectivity index (χ1) is 13.1. The normalized spacial score (nSPS) is 20.5. The van der Waals surface area contributed by atoms with Gasteiger partial charge in [0.15, 0.2) is 0 Å². The van der Waals surface area contributed by atoms with Crippen molar-refractivity contribution >= 4 is 28.2 Å². The number of hydrogen-bond acceptors (Lipinski definition) is 4. The van der Waals surface area contributed by atoms with Crippen LogP contribution in [-0.2, 0) is 17.6 Å². The summed E-state index contributed by atoms with van der Waals surface area (Å²) in [6.07, 6.45) is 13.2. The van der Waals surface area contributed by atoms with Gasteiger partial charge in [-0.25, -0.2) is 0 Å². The summed E-state index contributed by atoms with van der Waals surface area (Å²) in [5.74, 6) is 0.326. The van der Waals surface area contributed by atoms with E-state index in [0.29, 0.717) is 23.2 Å². The molecule has 1 aromatic heterocycles. The Morgan fingerprint density at radius 3 is 2.48 bits per heavy atom. The number of fused-ring (bicyclic) bond motifs is 1. The standard InChI is InChI=1S/C21H31N3O2S/c22-20(26)19-16-8-4-5-9-17(16)27-21(19)23-18(25)13-24(15-10-11-15)12-14-6-2-1-3-7-14/h14-15H,1-13H2,(H2,22,26)(H,23,25). The Balaban J connectivity index is 1.42. The Bertz CT molecular complexity index is 705. The van der Waals surface area contributed by atoms with E-state index < -0.39 is 5.91 Å². The molecule has 0 unspecified atom stereocenters. The molecular weight excluding hydrogens is 358 g/mol. The molecule has 0 atom stereocenters. The minimum absolute atomic E-state index is 0.00111. The number of primary amides is 1. The molecule has 0 spiro atoms. The fourth-order valence-corrected chi connectivity index (χ4v) is 6.06. The average Bonchev–Trinajstić information content (AvgIpc) is 3.43. The van der Waals surface area contributed by atoms with Crippen LogP contribution in [0.2, 0.25) is 0 Å². The third kappa shape index (κ3) is 4.54. The topological polar surface area (TPSA) is 75.4 Å². The Labute approximate surface area is 165 Å². The highest BCUT2D eigenvalue weighted by atomic mass is 32.1. The molecule has 3 N–H and O–H groups in total. The van der Waals surface area contributed by atoms with Gasteiger partial charge < -0.3 is 11.1 Å². The number of nitrogens with two attached hydrogens (primary N) is 1. The number of rotatable bonds is 7. The second-order valence-electron chi connectivity index (χ2n) is 8.49. The van der Waals surface area contributed by atoms with Gasteiger partial charge in [0.25, 0.3) is 5.91 Å². The van der Waals surface area contributed by atoms with E-state index in [9.17, 15) is 9.59 Å². The predicted octanol–water partition coefficient (Wildman–Crippen LogP) is 3.71. The molecule has 0 bridgehead atoms. The molecule has 5 nitrogen and oxygen atoms in total. The first kappa shape index (κ1) is 18.9. The second-order valence-corrected chi connectivity index (χ2v) is 9.60. The van der Waals surface area contributed by atoms with Gasteiger partial charge in [-0.3, -0.25) is 14.5 Å². The van der Waals surface area contributed by atoms with Gasteiger partial charge in [-0.1, -0.05) is 19.3 Å². The lowest BCUT2D eigenvalue weighted by Gasteiger charge is -2.29. The van der Waals surface area contributed by atoms with Crippen molar-refractivity contribution in [2.75, 3.05) is 18.4 Å². The van der Waals surface area contributed by atoms with E-state index in [1.54, 1.807) is 11.3 Å². The molecule has 3 aliphatic carbocycles. The number of nitrogens with zero attached hydrogens (tertiary/aromatic N) is 1. The van der Waals surface area contributed by atoms with Crippen LogP contribution in [0.4, 0.5) is 5.00 Å². The quantitative estimate of drug-likeness (QED) is 0.746. The van der Waals surface area contributed by atoms with Gasteiger partial charge >= 0.3 is 0 Å². The molecule has 3 aliphatic rings. The number of anilines is 1. The molecule has 6 heteroatoms. The van der Waals surface area contributed by atoms with Crippen LogP contribution in [0.1, 0.15) is 78.6 Å². The van der Waals surface area contributed by atoms with Crippen LogP contribution in [0.25, 0.3) is 0 Å². The number of aryl methyl sites for hydroxylation is 1. The van der Waals surface area contributed by atoms with Gasteiger partial charge in [0.2, 0.25) is 5.91 Å². The highest BCUT2D eigenvalue weighted by Gasteiger charge is 2.33. The van der Waals surface area contributed by atoms with E-state index in [2.05, 4.69) is 10.2 Å². The van der Waals surface area contributed by atoms with Crippen molar-refractivity contribution in [2.24, 2.45) is 11.7 Å². The fraction of sp³-hybridized carbons (Fsp3) is 0.714. The first-order valence-corrected chi connectivity index (χ1v) is 11.4. The lowest BCUT2D eigenvalue weighted by molar-refractivity contribution is -0.117. The van der Waals surface area contributed by atoms with Gasteiger partial charge in [-0.15, -0.1) is 11.3 Å². The van der Waals surface area contributed by atoms with Crippen LogP contribution in [0, 0.1) is 5.92 Å². The Morgan fingerprint density at radius 1 is 1.04 bits per heavy atom. The van der Waals surface area contributed by atoms with Gasteiger partial charge in [0.1, 0.15) is 5.00 Å². The van der Waals surface area contributed by atoms with Gasteiger partial charge in [0, 0.05) is 17.5 Å². The highest BCUT2D eigenvalue weighted by molar-refractivity contribution is 7.17. The summed E-state index contributed by atoms with van der Waals surface area (Å²) in [5, 5.41) is 3.71. The molecule has 27 heavy (non-hydrogen) atoms. The van der Waals surface area contributed by atoms with Crippen LogP contribution in [0.5, 0.6) is 0 Å². The smallest absolute Gasteiger partial charge is 0.251 e. The maximum atomic E-state index is 12.8. The minimum atomic E-state index is -0.411. The van der Waals surface area contributed by atoms with Crippen molar-refractivity contribution in [3.63, 3.8) is 0 Å². The molecule has 2 fully saturated rings. The van der Waals surface area contributed by atoms with E-state index in [-0.39, 0.29) is 5.91 Å². The van der Waals surface area contributed by atoms with E-state index in [4.69, 9.17) is 5.73 Å². The SMILES string of the molecule is NC(=O)c1c(NC(=O)CN(CC2CCCCC2)C2CC2)sc2c1CCCC2. The fourth-order valence-electron chi connectivity index (χ4n) is 4.75. The molecule has 2 saturated carbocycles. The molecule has 148 valence electrons. The molecule has 2 amide bonds. The summed E-state index contributed by atoms with van der Waals surface area (Å²) < 4.78 is 0. The molecule has 0 aromatic carbocycles. The summed E-state index contributed by atoms with van der Waals surface area (Å²) >= 11 is 1.55. The number of carbonyl (C=O) groups is 2. The van der Waals surface area contributed by atoms with Crippen molar-refractivity contribution in [2.45, 2.75) is 76.7 Å². The van der Waals surface area contributed by atoms with E-state index >= 15 is 0 Å². The summed E-state index contributed by atoms with van der Waals surface area (Å²) in [7, 11) is 0. The molecular formula is C21H31N3O2S. The van der Waals surface area contributed by atoms with E-state index in [1.165, 1.54) is 49.8 Å². The highest BCUT2D eigenvalue weighted by Crippen LogP contribution is 2.38. The maximum Gasteiger partial charge on any atom is 0.251 e. The number of carbonyl (C=O) groups excluding carboxylic acids is 2. The zero-order valence-corrected chi connectivity index (χ0v) is 16.9. The summed E-state index contributed by atoms with van der Waals surface area (Å²) in [6, 6.07) is 0.574. The Morgan fingerprint density at radius 2 is 1.78 bits per heavy atom. The zero-order chi connectivity index (χ0) is 18.8. The van der Waals surface area contributed by atoms with Crippen molar-refractivity contribution < 1.29 is 9.59 Å². The molecule has 0 saturated heterocycles. The zero-order valence-electron chi connectivity index (χ0n) is 16.1. The lowest BCUT2D eigenvalue weighted by Crippen LogP contribution is -2.38. The minimum Gasteiger partial charge on any atom is -0.365 e. The van der Waals surface area contributed by atoms with Crippen LogP contribution in [-0.4, -0.2) is 35.8 Å². The second kappa shape index (κ2) is 8.31. The summed E-state index contributed by atoms with van der Waals surface area (Å²) in [4.78, 5) is 28.4. The number of nitrogens with one attached hydrogen (secondary N) is 1. The molecule has 4 rings (SSSR count). The van der Waals surface area contributed by atoms with Crippen LogP contribution in [0.3, 0.4) is 0 Å². The summed E-state index contributed by atoms with van der Waals surface area (Å²) in [5.41, 5.74) is 7.29. The van der Waals surface area contributed by atoms with Crippen LogP contribution < -0.4 is 11.1 Å². The van der Waals surface area contributed by atoms with Gasteiger partial charge in [-0.2, -0.15) is 0 Å². The van der Waals surface area contributed by atoms with Crippen LogP contribution in [0.15, 0.2) is 0 Å². The van der Waals surface area contributed by atoms with E-state index in [0.717, 1.165) is 43.7 Å². The average molecular weight is 390 g/mol. The number of hydrogen-bond donors (Lipinski definition) is 2. The molecule has 0 aliphatic heterocycles. The van der Waals surface area contributed by atoms with Gasteiger partial charge in [-0.05, 0) is 62.8 Å². The van der Waals surface area contributed by atoms with Crippen LogP contribution >= 0.6 is 11.3 Å². The third-order valence-corrected chi connectivity index (χ3v) is 7.51. The van der Waals surface area contributed by atoms with Crippen molar-refractivity contribution in [3.8, 4) is 0 Å². The van der Waals surface area contributed by atoms with Crippen molar-refractivity contribution in [1.29, 1.82) is 0 Å². The monoisotopic (exact) mass is 389 g/mol. The van der Waals surface area contributed by atoms with E-state index in [1.807, 2.05) is 0 Å². The largest absolute Gasteiger partial charge is 0.365 e. The number of amides is 2. The Kier molecular flexibility index (Phi) is 5.83. The molecule has 1 aromatic rings. The third-order valence-electron chi connectivity index (χ3n) is 6.30. The van der Waals surface area contributed by atoms with Crippen molar-refractivity contribution in [3.05, 3.63) is 16.0 Å². The van der Waals surface area contributed by atoms with Gasteiger partial charge in [0.05, 0.1) is 12.1 Å². The maximum absolute atomic E-state index is 12.8. The predicted molar refractivity (Wildman–Crippen MR) is 109 cm³/mol. The lowest BCUT2D eigenvalue weighted by atomic mass is 9.89. The Hall–Kier alpha value is -1.40. The van der Waals surface area contributed by atoms with Crippen molar-refractivity contribution in [1.82, 2.24) is 4.90 Å². The molecule has 0 radical (unpaired) electrons. The molecule has 1 heterocycles.